The van der Waals surface area contributed by atoms with Gasteiger partial charge in [0.1, 0.15) is 31.1 Å². The first-order chi connectivity index (χ1) is 11.2. The van der Waals surface area contributed by atoms with E-state index in [1.54, 1.807) is 30.0 Å². The van der Waals surface area contributed by atoms with E-state index in [9.17, 15) is 0 Å². The Balaban J connectivity index is 1.89. The SMILES string of the molecule is [B]c1nc(-c2cnc3cc(OC)c(C4CC4)nn23)ccc1C#N. The van der Waals surface area contributed by atoms with Gasteiger partial charge in [-0.25, -0.2) is 9.50 Å². The maximum atomic E-state index is 8.96. The van der Waals surface area contributed by atoms with Crippen LogP contribution in [0.3, 0.4) is 0 Å². The fourth-order valence-corrected chi connectivity index (χ4v) is 2.60. The molecule has 2 radical (unpaired) electrons. The molecule has 0 atom stereocenters. The lowest BCUT2D eigenvalue weighted by Crippen LogP contribution is -2.14. The Morgan fingerprint density at radius 2 is 2.22 bits per heavy atom. The Bertz CT molecular complexity index is 955. The van der Waals surface area contributed by atoms with Gasteiger partial charge in [-0.3, -0.25) is 4.98 Å². The van der Waals surface area contributed by atoms with Gasteiger partial charge >= 0.3 is 0 Å². The lowest BCUT2D eigenvalue weighted by Gasteiger charge is -2.09. The van der Waals surface area contributed by atoms with E-state index in [4.69, 9.17) is 22.9 Å². The summed E-state index contributed by atoms with van der Waals surface area (Å²) in [5.41, 5.74) is 3.56. The fourth-order valence-electron chi connectivity index (χ4n) is 2.60. The molecule has 6 nitrogen and oxygen atoms in total. The van der Waals surface area contributed by atoms with E-state index in [0.717, 1.165) is 30.0 Å². The number of methoxy groups -OCH3 is 1. The molecule has 3 aromatic rings. The summed E-state index contributed by atoms with van der Waals surface area (Å²) in [4.78, 5) is 8.66. The van der Waals surface area contributed by atoms with E-state index in [0.29, 0.717) is 22.8 Å². The zero-order valence-corrected chi connectivity index (χ0v) is 12.5. The van der Waals surface area contributed by atoms with Crippen LogP contribution in [-0.4, -0.2) is 34.5 Å². The number of fused-ring (bicyclic) bond motifs is 1. The summed E-state index contributed by atoms with van der Waals surface area (Å²) in [5.74, 6) is 1.22. The Morgan fingerprint density at radius 3 is 2.87 bits per heavy atom. The van der Waals surface area contributed by atoms with Crippen molar-refractivity contribution in [3.05, 3.63) is 35.7 Å². The monoisotopic (exact) mass is 301 g/mol. The predicted octanol–water partition coefficient (Wildman–Crippen LogP) is 1.34. The molecule has 23 heavy (non-hydrogen) atoms. The van der Waals surface area contributed by atoms with E-state index in [1.165, 1.54) is 0 Å². The van der Waals surface area contributed by atoms with Crippen LogP contribution in [-0.2, 0) is 0 Å². The Labute approximate surface area is 134 Å². The third-order valence-electron chi connectivity index (χ3n) is 3.98. The van der Waals surface area contributed by atoms with Crippen LogP contribution in [0.25, 0.3) is 17.0 Å². The molecule has 3 heterocycles. The number of hydrogen-bond acceptors (Lipinski definition) is 5. The largest absolute Gasteiger partial charge is 0.495 e. The molecule has 7 heteroatoms. The van der Waals surface area contributed by atoms with Gasteiger partial charge < -0.3 is 4.74 Å². The summed E-state index contributed by atoms with van der Waals surface area (Å²) in [7, 11) is 7.46. The van der Waals surface area contributed by atoms with E-state index in [2.05, 4.69) is 9.97 Å². The van der Waals surface area contributed by atoms with Crippen molar-refractivity contribution in [2.24, 2.45) is 0 Å². The second-order valence-corrected chi connectivity index (χ2v) is 5.53. The van der Waals surface area contributed by atoms with Crippen molar-refractivity contribution in [2.45, 2.75) is 18.8 Å². The van der Waals surface area contributed by atoms with Crippen molar-refractivity contribution < 1.29 is 4.74 Å². The first-order valence-electron chi connectivity index (χ1n) is 7.31. The molecule has 0 N–H and O–H groups in total. The van der Waals surface area contributed by atoms with Crippen molar-refractivity contribution in [1.29, 1.82) is 5.26 Å². The van der Waals surface area contributed by atoms with Gasteiger partial charge in [0, 0.05) is 17.6 Å². The van der Waals surface area contributed by atoms with E-state index in [1.807, 2.05) is 12.1 Å². The average molecular weight is 301 g/mol. The summed E-state index contributed by atoms with van der Waals surface area (Å²) in [6.45, 7) is 0. The molecule has 0 unspecified atom stereocenters. The van der Waals surface area contributed by atoms with Crippen molar-refractivity contribution in [3.63, 3.8) is 0 Å². The second-order valence-electron chi connectivity index (χ2n) is 5.53. The molecule has 0 amide bonds. The second kappa shape index (κ2) is 5.09. The van der Waals surface area contributed by atoms with Crippen LogP contribution in [0.2, 0.25) is 0 Å². The maximum Gasteiger partial charge on any atom is 0.157 e. The first-order valence-corrected chi connectivity index (χ1v) is 7.31. The average Bonchev–Trinajstić information content (AvgIpc) is 3.33. The minimum atomic E-state index is 0.205. The van der Waals surface area contributed by atoms with Gasteiger partial charge in [-0.2, -0.15) is 10.4 Å². The molecule has 110 valence electrons. The summed E-state index contributed by atoms with van der Waals surface area (Å²) in [6.07, 6.45) is 3.95. The minimum Gasteiger partial charge on any atom is -0.495 e. The zero-order chi connectivity index (χ0) is 16.0. The lowest BCUT2D eigenvalue weighted by molar-refractivity contribution is 0.405. The molecular weight excluding hydrogens is 289 g/mol. The van der Waals surface area contributed by atoms with Crippen LogP contribution in [0, 0.1) is 11.3 Å². The van der Waals surface area contributed by atoms with Gasteiger partial charge in [-0.05, 0) is 25.0 Å². The summed E-state index contributed by atoms with van der Waals surface area (Å²) in [6, 6.07) is 7.30. The normalized spacial score (nSPS) is 13.9. The number of imidazole rings is 1. The van der Waals surface area contributed by atoms with E-state index >= 15 is 0 Å². The molecule has 1 aliphatic carbocycles. The van der Waals surface area contributed by atoms with Gasteiger partial charge in [-0.1, -0.05) is 0 Å². The van der Waals surface area contributed by atoms with Crippen LogP contribution < -0.4 is 10.3 Å². The highest BCUT2D eigenvalue weighted by molar-refractivity contribution is 6.32. The number of nitrogens with zero attached hydrogens (tertiary/aromatic N) is 5. The quantitative estimate of drug-likeness (QED) is 0.682. The number of aromatic nitrogens is 4. The highest BCUT2D eigenvalue weighted by Gasteiger charge is 2.29. The highest BCUT2D eigenvalue weighted by Crippen LogP contribution is 2.43. The van der Waals surface area contributed by atoms with Crippen molar-refractivity contribution in [1.82, 2.24) is 19.6 Å². The predicted molar refractivity (Wildman–Crippen MR) is 84.8 cm³/mol. The lowest BCUT2D eigenvalue weighted by atomic mass is 9.97. The first kappa shape index (κ1) is 13.8. The van der Waals surface area contributed by atoms with Gasteiger partial charge in [-0.15, -0.1) is 0 Å². The van der Waals surface area contributed by atoms with Gasteiger partial charge in [0.05, 0.1) is 24.6 Å². The molecule has 0 aliphatic heterocycles. The van der Waals surface area contributed by atoms with E-state index < -0.39 is 0 Å². The summed E-state index contributed by atoms with van der Waals surface area (Å²) >= 11 is 0. The fraction of sp³-hybridized carbons (Fsp3) is 0.250. The van der Waals surface area contributed by atoms with E-state index in [-0.39, 0.29) is 5.59 Å². The van der Waals surface area contributed by atoms with Gasteiger partial charge in [0.15, 0.2) is 5.65 Å². The van der Waals surface area contributed by atoms with Crippen molar-refractivity contribution >= 4 is 19.1 Å². The highest BCUT2D eigenvalue weighted by atomic mass is 16.5. The molecule has 1 fully saturated rings. The smallest absolute Gasteiger partial charge is 0.157 e. The van der Waals surface area contributed by atoms with Crippen LogP contribution in [0.15, 0.2) is 24.4 Å². The van der Waals surface area contributed by atoms with Crippen molar-refractivity contribution in [2.75, 3.05) is 7.11 Å². The number of hydrogen-bond donors (Lipinski definition) is 0. The molecule has 0 bridgehead atoms. The molecule has 4 rings (SSSR count). The molecule has 0 aromatic carbocycles. The Hall–Kier alpha value is -2.88. The molecule has 3 aromatic heterocycles. The molecular formula is C16H12BN5O. The summed E-state index contributed by atoms with van der Waals surface area (Å²) < 4.78 is 7.19. The Morgan fingerprint density at radius 1 is 1.39 bits per heavy atom. The Kier molecular flexibility index (Phi) is 3.05. The standard InChI is InChI=1S/C16H12BN5O/c1-23-13-6-14-19-8-12(22(14)21-15(13)9-2-3-9)11-5-4-10(7-18)16(17)20-11/h4-6,8-9H,2-3H2,1H3. The van der Waals surface area contributed by atoms with Crippen LogP contribution in [0.4, 0.5) is 0 Å². The van der Waals surface area contributed by atoms with Gasteiger partial charge in [0.2, 0.25) is 0 Å². The number of ether oxygens (including phenoxy) is 1. The topological polar surface area (TPSA) is 76.1 Å². The number of rotatable bonds is 3. The molecule has 0 spiro atoms. The van der Waals surface area contributed by atoms with Crippen LogP contribution in [0.1, 0.15) is 30.0 Å². The van der Waals surface area contributed by atoms with Crippen molar-refractivity contribution in [3.8, 4) is 23.2 Å². The minimum absolute atomic E-state index is 0.205. The van der Waals surface area contributed by atoms with Crippen LogP contribution in [0.5, 0.6) is 5.75 Å². The molecule has 0 saturated heterocycles. The molecule has 1 saturated carbocycles. The third-order valence-corrected chi connectivity index (χ3v) is 3.98. The third kappa shape index (κ3) is 2.23. The van der Waals surface area contributed by atoms with Crippen LogP contribution >= 0.6 is 0 Å². The number of pyridine rings is 1. The number of nitriles is 1. The summed E-state index contributed by atoms with van der Waals surface area (Å²) in [5, 5.41) is 13.7. The maximum absolute atomic E-state index is 8.96. The molecule has 1 aliphatic rings. The van der Waals surface area contributed by atoms with Gasteiger partial charge in [0.25, 0.3) is 0 Å². The zero-order valence-electron chi connectivity index (χ0n) is 12.5.